The molecule has 106 valence electrons. The van der Waals surface area contributed by atoms with Crippen molar-refractivity contribution in [3.8, 4) is 0 Å². The van der Waals surface area contributed by atoms with Gasteiger partial charge in [0.1, 0.15) is 0 Å². The molecular formula is C12H24N2O4. The van der Waals surface area contributed by atoms with Gasteiger partial charge in [-0.1, -0.05) is 13.8 Å². The molecule has 1 unspecified atom stereocenters. The molecule has 0 spiro atoms. The summed E-state index contributed by atoms with van der Waals surface area (Å²) in [6, 6.07) is -0.385. The molecule has 0 fully saturated rings. The van der Waals surface area contributed by atoms with Gasteiger partial charge < -0.3 is 20.5 Å². The number of carboxylic acids is 1. The summed E-state index contributed by atoms with van der Waals surface area (Å²) >= 11 is 0. The van der Waals surface area contributed by atoms with Crippen molar-refractivity contribution in [2.45, 2.75) is 33.2 Å². The summed E-state index contributed by atoms with van der Waals surface area (Å²) in [6.07, 6.45) is 0. The molecule has 3 N–H and O–H groups in total. The predicted molar refractivity (Wildman–Crippen MR) is 68.5 cm³/mol. The van der Waals surface area contributed by atoms with Crippen molar-refractivity contribution in [3.63, 3.8) is 0 Å². The highest BCUT2D eigenvalue weighted by Gasteiger charge is 2.24. The number of carboxylic acid groups (broad SMARTS) is 1. The van der Waals surface area contributed by atoms with Crippen molar-refractivity contribution >= 4 is 12.0 Å². The molecule has 0 aliphatic carbocycles. The summed E-state index contributed by atoms with van der Waals surface area (Å²) in [4.78, 5) is 22.6. The molecule has 1 atom stereocenters. The zero-order valence-corrected chi connectivity index (χ0v) is 11.7. The first-order chi connectivity index (χ1) is 8.19. The highest BCUT2D eigenvalue weighted by molar-refractivity contribution is 5.76. The third-order valence-electron chi connectivity index (χ3n) is 2.56. The first-order valence-corrected chi connectivity index (χ1v) is 5.97. The average molecular weight is 260 g/mol. The molecule has 2 amide bonds. The van der Waals surface area contributed by atoms with E-state index in [0.717, 1.165) is 0 Å². The van der Waals surface area contributed by atoms with Crippen molar-refractivity contribution in [2.24, 2.45) is 11.8 Å². The van der Waals surface area contributed by atoms with E-state index in [9.17, 15) is 9.59 Å². The fourth-order valence-corrected chi connectivity index (χ4v) is 1.56. The Kier molecular flexibility index (Phi) is 6.68. The largest absolute Gasteiger partial charge is 0.481 e. The summed E-state index contributed by atoms with van der Waals surface area (Å²) in [5.74, 6) is -1.52. The Morgan fingerprint density at radius 3 is 2.28 bits per heavy atom. The monoisotopic (exact) mass is 260 g/mol. The number of carbonyl (C=O) groups excluding carboxylic acids is 1. The van der Waals surface area contributed by atoms with Crippen LogP contribution in [-0.2, 0) is 9.53 Å². The molecule has 0 saturated heterocycles. The lowest BCUT2D eigenvalue weighted by molar-refractivity contribution is -0.142. The van der Waals surface area contributed by atoms with Gasteiger partial charge in [-0.25, -0.2) is 4.79 Å². The Morgan fingerprint density at radius 1 is 1.33 bits per heavy atom. The molecule has 0 saturated carbocycles. The van der Waals surface area contributed by atoms with Gasteiger partial charge in [0.2, 0.25) is 0 Å². The number of amides is 2. The van der Waals surface area contributed by atoms with Crippen molar-refractivity contribution in [1.29, 1.82) is 0 Å². The van der Waals surface area contributed by atoms with Gasteiger partial charge in [0.05, 0.1) is 18.1 Å². The highest BCUT2D eigenvalue weighted by Crippen LogP contribution is 2.09. The molecule has 0 aromatic heterocycles. The summed E-state index contributed by atoms with van der Waals surface area (Å²) in [5, 5.41) is 14.3. The van der Waals surface area contributed by atoms with Crippen LogP contribution in [0.25, 0.3) is 0 Å². The first kappa shape index (κ1) is 16.7. The molecule has 6 nitrogen and oxygen atoms in total. The maximum Gasteiger partial charge on any atom is 0.315 e. The van der Waals surface area contributed by atoms with Crippen LogP contribution >= 0.6 is 0 Å². The van der Waals surface area contributed by atoms with Gasteiger partial charge in [0.25, 0.3) is 0 Å². The van der Waals surface area contributed by atoms with Crippen LogP contribution in [0.1, 0.15) is 27.7 Å². The average Bonchev–Trinajstić information content (AvgIpc) is 2.14. The number of hydrogen-bond acceptors (Lipinski definition) is 3. The van der Waals surface area contributed by atoms with Gasteiger partial charge in [-0.15, -0.1) is 0 Å². The lowest BCUT2D eigenvalue weighted by atomic mass is 9.96. The number of aliphatic carboxylic acids is 1. The second kappa shape index (κ2) is 7.20. The van der Waals surface area contributed by atoms with Crippen LogP contribution in [0, 0.1) is 11.8 Å². The molecule has 0 bridgehead atoms. The van der Waals surface area contributed by atoms with Crippen LogP contribution < -0.4 is 10.6 Å². The lowest BCUT2D eigenvalue weighted by Crippen LogP contribution is -2.52. The van der Waals surface area contributed by atoms with Gasteiger partial charge in [-0.05, 0) is 19.8 Å². The third-order valence-corrected chi connectivity index (χ3v) is 2.56. The highest BCUT2D eigenvalue weighted by atomic mass is 16.5. The summed E-state index contributed by atoms with van der Waals surface area (Å²) in [7, 11) is 1.56. The Hall–Kier alpha value is -1.30. The normalized spacial score (nSPS) is 13.2. The minimum absolute atomic E-state index is 0.0326. The third kappa shape index (κ3) is 6.44. The molecule has 6 heteroatoms. The Balaban J connectivity index is 4.21. The van der Waals surface area contributed by atoms with Gasteiger partial charge in [0.15, 0.2) is 0 Å². The van der Waals surface area contributed by atoms with Gasteiger partial charge in [-0.3, -0.25) is 4.79 Å². The van der Waals surface area contributed by atoms with Crippen LogP contribution in [0.5, 0.6) is 0 Å². The van der Waals surface area contributed by atoms with E-state index in [1.165, 1.54) is 0 Å². The number of rotatable bonds is 7. The van der Waals surface area contributed by atoms with Gasteiger partial charge >= 0.3 is 12.0 Å². The van der Waals surface area contributed by atoms with E-state index in [-0.39, 0.29) is 18.5 Å². The second-order valence-corrected chi connectivity index (χ2v) is 5.34. The number of hydrogen-bond donors (Lipinski definition) is 3. The Bertz CT molecular complexity index is 290. The van der Waals surface area contributed by atoms with Crippen molar-refractivity contribution < 1.29 is 19.4 Å². The molecule has 0 radical (unpaired) electrons. The van der Waals surface area contributed by atoms with Crippen LogP contribution in [0.3, 0.4) is 0 Å². The Morgan fingerprint density at radius 2 is 1.89 bits per heavy atom. The fraction of sp³-hybridized carbons (Fsp3) is 0.833. The van der Waals surface area contributed by atoms with E-state index in [4.69, 9.17) is 9.84 Å². The molecule has 0 aromatic rings. The van der Waals surface area contributed by atoms with E-state index in [0.29, 0.717) is 6.61 Å². The predicted octanol–water partition coefficient (Wildman–Crippen LogP) is 1.07. The van der Waals surface area contributed by atoms with Crippen molar-refractivity contribution in [2.75, 3.05) is 20.3 Å². The molecular weight excluding hydrogens is 236 g/mol. The van der Waals surface area contributed by atoms with E-state index in [2.05, 4.69) is 10.6 Å². The van der Waals surface area contributed by atoms with Crippen LogP contribution in [0.4, 0.5) is 4.79 Å². The smallest absolute Gasteiger partial charge is 0.315 e. The molecule has 0 aliphatic heterocycles. The zero-order valence-electron chi connectivity index (χ0n) is 11.7. The minimum atomic E-state index is -0.901. The fourth-order valence-electron chi connectivity index (χ4n) is 1.56. The van der Waals surface area contributed by atoms with Gasteiger partial charge in [-0.2, -0.15) is 0 Å². The number of urea groups is 1. The topological polar surface area (TPSA) is 87.7 Å². The SMILES string of the molecule is COCC(C)(C)NC(=O)NCC(C(=O)O)C(C)C. The summed E-state index contributed by atoms with van der Waals surface area (Å²) in [5.41, 5.74) is -0.491. The molecule has 0 aromatic carbocycles. The second-order valence-electron chi connectivity index (χ2n) is 5.34. The number of nitrogens with one attached hydrogen (secondary N) is 2. The first-order valence-electron chi connectivity index (χ1n) is 5.97. The van der Waals surface area contributed by atoms with E-state index in [1.807, 2.05) is 27.7 Å². The molecule has 0 aliphatic rings. The molecule has 0 heterocycles. The summed E-state index contributed by atoms with van der Waals surface area (Å²) < 4.78 is 4.97. The number of ether oxygens (including phenoxy) is 1. The van der Waals surface area contributed by atoms with E-state index >= 15 is 0 Å². The van der Waals surface area contributed by atoms with Crippen molar-refractivity contribution in [1.82, 2.24) is 10.6 Å². The standard InChI is InChI=1S/C12H24N2O4/c1-8(2)9(10(15)16)6-13-11(17)14-12(3,4)7-18-5/h8-9H,6-7H2,1-5H3,(H,15,16)(H2,13,14,17). The van der Waals surface area contributed by atoms with E-state index < -0.39 is 17.4 Å². The Labute approximate surface area is 108 Å². The zero-order chi connectivity index (χ0) is 14.3. The van der Waals surface area contributed by atoms with Crippen LogP contribution in [0.2, 0.25) is 0 Å². The lowest BCUT2D eigenvalue weighted by Gasteiger charge is -2.26. The van der Waals surface area contributed by atoms with E-state index in [1.54, 1.807) is 7.11 Å². The maximum absolute atomic E-state index is 11.6. The molecule has 0 rings (SSSR count). The quantitative estimate of drug-likeness (QED) is 0.639. The number of methoxy groups -OCH3 is 1. The van der Waals surface area contributed by atoms with Gasteiger partial charge in [0, 0.05) is 13.7 Å². The summed E-state index contributed by atoms with van der Waals surface area (Å²) in [6.45, 7) is 7.77. The van der Waals surface area contributed by atoms with Crippen molar-refractivity contribution in [3.05, 3.63) is 0 Å². The maximum atomic E-state index is 11.6. The van der Waals surface area contributed by atoms with Crippen LogP contribution in [0.15, 0.2) is 0 Å². The minimum Gasteiger partial charge on any atom is -0.481 e. The van der Waals surface area contributed by atoms with Crippen LogP contribution in [-0.4, -0.2) is 42.9 Å². The molecule has 18 heavy (non-hydrogen) atoms. The number of carbonyl (C=O) groups is 2.